The van der Waals surface area contributed by atoms with Crippen LogP contribution in [0.25, 0.3) is 0 Å². The zero-order chi connectivity index (χ0) is 29.0. The minimum atomic E-state index is -0.738. The molecule has 3 heterocycles. The van der Waals surface area contributed by atoms with E-state index in [0.717, 1.165) is 6.42 Å². The number of unbranched alkanes of at least 4 members (excludes halogenated alkanes) is 1. The highest BCUT2D eigenvalue weighted by atomic mass is 79.9. The quantitative estimate of drug-likeness (QED) is 0.190. The summed E-state index contributed by atoms with van der Waals surface area (Å²) in [6.45, 7) is 11.4. The average Bonchev–Trinajstić information content (AvgIpc) is 3.54. The van der Waals surface area contributed by atoms with E-state index in [1.165, 1.54) is 0 Å². The summed E-state index contributed by atoms with van der Waals surface area (Å²) in [4.78, 5) is 48.1. The van der Waals surface area contributed by atoms with Crippen molar-refractivity contribution in [2.45, 2.75) is 53.5 Å². The number of rotatable bonds is 14. The molecule has 10 heteroatoms. The monoisotopic (exact) mass is 633 g/mol. The van der Waals surface area contributed by atoms with Gasteiger partial charge in [-0.2, -0.15) is 0 Å². The first-order valence-corrected chi connectivity index (χ1v) is 15.8. The molecule has 0 radical (unpaired) electrons. The van der Waals surface area contributed by atoms with E-state index in [-0.39, 0.29) is 41.0 Å². The molecule has 218 valence electrons. The summed E-state index contributed by atoms with van der Waals surface area (Å²) in [7, 11) is 1.59. The predicted octanol–water partition coefficient (Wildman–Crippen LogP) is 3.88. The van der Waals surface area contributed by atoms with Gasteiger partial charge in [-0.3, -0.25) is 14.4 Å². The summed E-state index contributed by atoms with van der Waals surface area (Å²) >= 11 is 5.48. The summed E-state index contributed by atoms with van der Waals surface area (Å²) < 4.78 is 4.57. The van der Waals surface area contributed by atoms with Crippen molar-refractivity contribution in [3.8, 4) is 5.75 Å². The van der Waals surface area contributed by atoms with Crippen LogP contribution in [-0.2, 0) is 14.4 Å². The number of ether oxygens (including phenoxy) is 1. The lowest BCUT2D eigenvalue weighted by molar-refractivity contribution is -0.143. The third-order valence-corrected chi connectivity index (χ3v) is 11.5. The number of likely N-dealkylation sites (tertiary alicyclic amines) is 1. The highest BCUT2D eigenvalue weighted by molar-refractivity contribution is 9.09. The van der Waals surface area contributed by atoms with Gasteiger partial charge >= 0.3 is 0 Å². The van der Waals surface area contributed by atoms with Crippen LogP contribution in [0.1, 0.15) is 32.6 Å². The molecule has 3 saturated heterocycles. The van der Waals surface area contributed by atoms with Gasteiger partial charge in [-0.15, -0.1) is 24.9 Å². The Morgan fingerprint density at radius 2 is 1.90 bits per heavy atom. The lowest BCUT2D eigenvalue weighted by Gasteiger charge is -2.38. The van der Waals surface area contributed by atoms with Gasteiger partial charge in [-0.05, 0) is 49.9 Å². The Hall–Kier alpha value is -2.30. The van der Waals surface area contributed by atoms with Crippen LogP contribution < -0.4 is 9.64 Å². The summed E-state index contributed by atoms with van der Waals surface area (Å²) in [5.41, 5.74) is 0.689. The molecule has 1 N–H and O–H groups in total. The Morgan fingerprint density at radius 1 is 1.20 bits per heavy atom. The van der Waals surface area contributed by atoms with E-state index < -0.39 is 22.6 Å². The van der Waals surface area contributed by atoms with Crippen molar-refractivity contribution in [3.05, 3.63) is 49.6 Å². The first kappa shape index (κ1) is 30.7. The number of thioether (sulfide) groups is 1. The Kier molecular flexibility index (Phi) is 10.1. The second kappa shape index (κ2) is 13.1. The highest BCUT2D eigenvalue weighted by Gasteiger charge is 2.76. The van der Waals surface area contributed by atoms with E-state index in [1.54, 1.807) is 57.9 Å². The molecule has 0 aliphatic carbocycles. The average molecular weight is 635 g/mol. The number of methoxy groups -OCH3 is 1. The number of carbonyl (C=O) groups excluding carboxylic acids is 3. The van der Waals surface area contributed by atoms with Crippen LogP contribution >= 0.6 is 27.7 Å². The third kappa shape index (κ3) is 5.34. The van der Waals surface area contributed by atoms with Gasteiger partial charge in [0.05, 0.1) is 23.7 Å². The lowest BCUT2D eigenvalue weighted by atomic mass is 9.70. The highest BCUT2D eigenvalue weighted by Crippen LogP contribution is 2.68. The molecule has 8 nitrogen and oxygen atoms in total. The number of fused-ring (bicyclic) bond motifs is 1. The van der Waals surface area contributed by atoms with Gasteiger partial charge < -0.3 is 24.5 Å². The number of hydrogen-bond donors (Lipinski definition) is 1. The maximum atomic E-state index is 14.6. The summed E-state index contributed by atoms with van der Waals surface area (Å²) in [5.74, 6) is -0.772. The van der Waals surface area contributed by atoms with Crippen LogP contribution in [0.5, 0.6) is 5.75 Å². The molecule has 1 aromatic rings. The molecule has 4 rings (SSSR count). The molecule has 3 fully saturated rings. The van der Waals surface area contributed by atoms with Gasteiger partial charge in [0, 0.05) is 48.6 Å². The van der Waals surface area contributed by atoms with Crippen LogP contribution in [-0.4, -0.2) is 93.4 Å². The molecule has 6 atom stereocenters. The molecular weight excluding hydrogens is 594 g/mol. The maximum absolute atomic E-state index is 14.6. The second-order valence-corrected chi connectivity index (χ2v) is 13.4. The summed E-state index contributed by atoms with van der Waals surface area (Å²) in [6, 6.07) is 6.54. The van der Waals surface area contributed by atoms with Gasteiger partial charge in [-0.1, -0.05) is 35.0 Å². The number of aliphatic hydroxyl groups is 1. The fraction of sp³-hybridized carbons (Fsp3) is 0.567. The Labute approximate surface area is 249 Å². The number of aliphatic hydroxyl groups excluding tert-OH is 1. The number of alkyl halides is 1. The first-order chi connectivity index (χ1) is 19.3. The number of amides is 3. The third-order valence-electron chi connectivity index (χ3n) is 8.23. The van der Waals surface area contributed by atoms with Gasteiger partial charge in [0.15, 0.2) is 0 Å². The molecule has 3 amide bonds. The molecule has 0 saturated carbocycles. The largest absolute Gasteiger partial charge is 0.497 e. The van der Waals surface area contributed by atoms with Crippen molar-refractivity contribution >= 4 is 51.1 Å². The predicted molar refractivity (Wildman–Crippen MR) is 163 cm³/mol. The molecular formula is C30H40BrN3O5S. The Morgan fingerprint density at radius 3 is 2.50 bits per heavy atom. The fourth-order valence-electron chi connectivity index (χ4n) is 6.62. The van der Waals surface area contributed by atoms with Crippen molar-refractivity contribution < 1.29 is 24.2 Å². The van der Waals surface area contributed by atoms with Crippen molar-refractivity contribution in [1.29, 1.82) is 0 Å². The molecule has 40 heavy (non-hydrogen) atoms. The SMILES string of the molecule is C=CCN(CCC)C(=O)[C@H]1[C@@H]2SC3(CC2Br)C(C(=O)N(CC=C)c2ccc(OC)cc2)N(CCCCO)C(=O)[C@H]13. The topological polar surface area (TPSA) is 90.4 Å². The molecule has 1 aromatic carbocycles. The molecule has 3 unspecified atom stereocenters. The molecule has 1 spiro atoms. The number of carbonyl (C=O) groups is 3. The van der Waals surface area contributed by atoms with Crippen molar-refractivity contribution in [2.24, 2.45) is 11.8 Å². The lowest BCUT2D eigenvalue weighted by Crippen LogP contribution is -2.56. The Bertz CT molecular complexity index is 1120. The van der Waals surface area contributed by atoms with Crippen LogP contribution in [0.2, 0.25) is 0 Å². The normalized spacial score (nSPS) is 28.4. The minimum Gasteiger partial charge on any atom is -0.497 e. The molecule has 0 aromatic heterocycles. The van der Waals surface area contributed by atoms with E-state index in [1.807, 2.05) is 19.1 Å². The van der Waals surface area contributed by atoms with Crippen LogP contribution in [0.15, 0.2) is 49.6 Å². The molecule has 3 aliphatic heterocycles. The van der Waals surface area contributed by atoms with Crippen molar-refractivity contribution in [1.82, 2.24) is 9.80 Å². The van der Waals surface area contributed by atoms with Gasteiger partial charge in [-0.25, -0.2) is 0 Å². The smallest absolute Gasteiger partial charge is 0.251 e. The van der Waals surface area contributed by atoms with Crippen LogP contribution in [0.4, 0.5) is 5.69 Å². The van der Waals surface area contributed by atoms with Crippen molar-refractivity contribution in [3.63, 3.8) is 0 Å². The zero-order valence-electron chi connectivity index (χ0n) is 23.3. The van der Waals surface area contributed by atoms with Crippen LogP contribution in [0.3, 0.4) is 0 Å². The summed E-state index contributed by atoms with van der Waals surface area (Å²) in [5, 5.41) is 9.34. The summed E-state index contributed by atoms with van der Waals surface area (Å²) in [6.07, 6.45) is 5.93. The second-order valence-electron chi connectivity index (χ2n) is 10.6. The number of hydrogen-bond acceptors (Lipinski definition) is 6. The number of anilines is 1. The Balaban J connectivity index is 1.77. The number of nitrogens with zero attached hydrogens (tertiary/aromatic N) is 3. The van der Waals surface area contributed by atoms with E-state index in [2.05, 4.69) is 29.1 Å². The maximum Gasteiger partial charge on any atom is 0.251 e. The minimum absolute atomic E-state index is 0.00393. The first-order valence-electron chi connectivity index (χ1n) is 14.0. The van der Waals surface area contributed by atoms with Gasteiger partial charge in [0.2, 0.25) is 11.8 Å². The van der Waals surface area contributed by atoms with Crippen LogP contribution in [0, 0.1) is 11.8 Å². The van der Waals surface area contributed by atoms with E-state index >= 15 is 0 Å². The van der Waals surface area contributed by atoms with Crippen molar-refractivity contribution in [2.75, 3.05) is 44.8 Å². The number of halogens is 1. The van der Waals surface area contributed by atoms with E-state index in [4.69, 9.17) is 4.74 Å². The molecule has 2 bridgehead atoms. The van der Waals surface area contributed by atoms with Gasteiger partial charge in [0.1, 0.15) is 11.8 Å². The molecule has 3 aliphatic rings. The standard InChI is InChI=1S/C30H40BrN3O5S/c1-5-14-32(15-6-2)27(36)23-24-28(37)34(17-8-9-18-35)26(30(24)19-22(31)25(23)40-30)29(38)33(16-7-3)20-10-12-21(39-4)13-11-20/h5,7,10-13,22-26,35H,1,3,6,8-9,14-19H2,2,4H3/t22?,23-,24+,25-,26?,30?/m1/s1. The van der Waals surface area contributed by atoms with E-state index in [9.17, 15) is 19.5 Å². The van der Waals surface area contributed by atoms with Gasteiger partial charge in [0.25, 0.3) is 5.91 Å². The number of benzene rings is 1. The fourth-order valence-corrected chi connectivity index (χ4v) is 10.2. The van der Waals surface area contributed by atoms with E-state index in [0.29, 0.717) is 50.3 Å². The zero-order valence-corrected chi connectivity index (χ0v) is 25.7.